The van der Waals surface area contributed by atoms with E-state index < -0.39 is 52.2 Å². The molecule has 16 heteroatoms. The first kappa shape index (κ1) is 21.7. The Morgan fingerprint density at radius 2 is 1.93 bits per heavy atom. The lowest BCUT2D eigenvalue weighted by atomic mass is 10.1. The van der Waals surface area contributed by atoms with Crippen LogP contribution in [0.4, 0.5) is 0 Å². The molecule has 5 N–H and O–H groups in total. The van der Waals surface area contributed by atoms with Gasteiger partial charge in [0.25, 0.3) is 0 Å². The van der Waals surface area contributed by atoms with Gasteiger partial charge in [-0.15, -0.1) is 0 Å². The number of hydrogen-bond acceptors (Lipinski definition) is 9. The summed E-state index contributed by atoms with van der Waals surface area (Å²) < 4.78 is 33.9. The zero-order valence-corrected chi connectivity index (χ0v) is 16.8. The summed E-state index contributed by atoms with van der Waals surface area (Å²) in [6.07, 6.45) is -4.08. The van der Waals surface area contributed by atoms with E-state index in [-0.39, 0.29) is 10.9 Å². The van der Waals surface area contributed by atoms with Gasteiger partial charge in [0.05, 0.1) is 23.9 Å². The highest BCUT2D eigenvalue weighted by atomic mass is 35.5. The molecule has 28 heavy (non-hydrogen) atoms. The maximum Gasteiger partial charge on any atom is 0.340 e. The Kier molecular flexibility index (Phi) is 5.97. The molecular formula is C12H17ClN4O9P2. The van der Waals surface area contributed by atoms with Crippen LogP contribution in [0.1, 0.15) is 11.9 Å². The third kappa shape index (κ3) is 4.60. The molecule has 1 saturated heterocycles. The summed E-state index contributed by atoms with van der Waals surface area (Å²) in [6.45, 7) is 0.982. The van der Waals surface area contributed by atoms with Crippen molar-refractivity contribution < 1.29 is 43.3 Å². The molecule has 1 fully saturated rings. The van der Waals surface area contributed by atoms with Crippen molar-refractivity contribution in [1.29, 1.82) is 0 Å². The van der Waals surface area contributed by atoms with Crippen LogP contribution in [0, 0.1) is 6.92 Å². The summed E-state index contributed by atoms with van der Waals surface area (Å²) in [5.41, 5.74) is 0.775. The lowest BCUT2D eigenvalue weighted by Crippen LogP contribution is -2.33. The molecule has 1 aliphatic heterocycles. The second kappa shape index (κ2) is 7.69. The van der Waals surface area contributed by atoms with E-state index in [0.717, 1.165) is 0 Å². The number of ether oxygens (including phenoxy) is 1. The average molecular weight is 459 g/mol. The molecule has 3 heterocycles. The molecule has 2 aromatic rings. The molecule has 13 nitrogen and oxygen atoms in total. The van der Waals surface area contributed by atoms with Crippen molar-refractivity contribution in [2.75, 3.05) is 12.5 Å². The van der Waals surface area contributed by atoms with Gasteiger partial charge in [-0.1, -0.05) is 0 Å². The van der Waals surface area contributed by atoms with Crippen LogP contribution in [0.3, 0.4) is 0 Å². The van der Waals surface area contributed by atoms with E-state index in [4.69, 9.17) is 26.1 Å². The van der Waals surface area contributed by atoms with Crippen LogP contribution in [0.5, 0.6) is 0 Å². The summed E-state index contributed by atoms with van der Waals surface area (Å²) in [4.78, 5) is 35.1. The zero-order chi connectivity index (χ0) is 20.9. The van der Waals surface area contributed by atoms with Crippen LogP contribution in [0.2, 0.25) is 5.28 Å². The van der Waals surface area contributed by atoms with Crippen LogP contribution in [-0.4, -0.2) is 75.5 Å². The van der Waals surface area contributed by atoms with Crippen molar-refractivity contribution in [1.82, 2.24) is 19.7 Å². The number of aryl methyl sites for hydroxylation is 1. The zero-order valence-electron chi connectivity index (χ0n) is 14.2. The number of nitrogens with zero attached hydrogens (tertiary/aromatic N) is 4. The van der Waals surface area contributed by atoms with Crippen LogP contribution >= 0.6 is 26.8 Å². The molecule has 0 amide bonds. The summed E-state index contributed by atoms with van der Waals surface area (Å²) in [5, 5.41) is 25.0. The predicted octanol–water partition coefficient (Wildman–Crippen LogP) is -0.255. The highest BCUT2D eigenvalue weighted by Crippen LogP contribution is 2.55. The van der Waals surface area contributed by atoms with Gasteiger partial charge in [0.15, 0.2) is 17.8 Å². The number of aromatic nitrogens is 4. The first-order chi connectivity index (χ1) is 12.9. The number of halogens is 1. The monoisotopic (exact) mass is 458 g/mol. The van der Waals surface area contributed by atoms with Gasteiger partial charge in [0.2, 0.25) is 5.28 Å². The third-order valence-corrected chi connectivity index (χ3v) is 7.62. The Bertz CT molecular complexity index is 981. The van der Waals surface area contributed by atoms with E-state index in [9.17, 15) is 24.2 Å². The van der Waals surface area contributed by atoms with E-state index >= 15 is 0 Å². The smallest absolute Gasteiger partial charge is 0.340 e. The standard InChI is InChI=1S/C12H17ClN4O9P2/c1-5-6-2-14-17(10(6)16-12(13)15-5)11-9(19)8(18)7(26-11)3-25-28(23,24)4-27(20,21)22/h2,7-9,11,18-19H,3-4H2,1H3,(H,23,24)(H2,20,21,22)/t7-,8-,9-,11-/m1/s1. The van der Waals surface area contributed by atoms with Crippen molar-refractivity contribution in [2.45, 2.75) is 31.5 Å². The second-order valence-corrected chi connectivity index (χ2v) is 10.5. The van der Waals surface area contributed by atoms with Crippen molar-refractivity contribution >= 4 is 37.8 Å². The minimum Gasteiger partial charge on any atom is -0.387 e. The Morgan fingerprint density at radius 1 is 1.25 bits per heavy atom. The number of fused-ring (bicyclic) bond motifs is 1. The second-order valence-electron chi connectivity index (χ2n) is 6.19. The topological polar surface area (TPSA) is 197 Å². The van der Waals surface area contributed by atoms with E-state index in [1.807, 2.05) is 0 Å². The highest BCUT2D eigenvalue weighted by Gasteiger charge is 2.46. The molecule has 0 bridgehead atoms. The van der Waals surface area contributed by atoms with Gasteiger partial charge in [-0.25, -0.2) is 9.67 Å². The van der Waals surface area contributed by atoms with Gasteiger partial charge in [0.1, 0.15) is 18.3 Å². The maximum atomic E-state index is 11.7. The van der Waals surface area contributed by atoms with Crippen LogP contribution in [-0.2, 0) is 18.4 Å². The quantitative estimate of drug-likeness (QED) is 0.281. The van der Waals surface area contributed by atoms with Crippen LogP contribution in [0.15, 0.2) is 6.20 Å². The number of aliphatic hydroxyl groups excluding tert-OH is 2. The Morgan fingerprint density at radius 3 is 2.57 bits per heavy atom. The molecular weight excluding hydrogens is 442 g/mol. The largest absolute Gasteiger partial charge is 0.387 e. The van der Waals surface area contributed by atoms with E-state index in [1.165, 1.54) is 10.9 Å². The molecule has 5 atom stereocenters. The fraction of sp³-hybridized carbons (Fsp3) is 0.583. The molecule has 0 aromatic carbocycles. The minimum absolute atomic E-state index is 0.0571. The SMILES string of the molecule is Cc1nc(Cl)nc2c1cnn2[C@@H]1O[C@H](COP(=O)(O)CP(=O)(O)O)[C@@H](O)[C@H]1O. The molecule has 0 aliphatic carbocycles. The van der Waals surface area contributed by atoms with Gasteiger partial charge in [0, 0.05) is 0 Å². The van der Waals surface area contributed by atoms with E-state index in [2.05, 4.69) is 19.6 Å². The lowest BCUT2D eigenvalue weighted by molar-refractivity contribution is -0.0541. The van der Waals surface area contributed by atoms with Gasteiger partial charge >= 0.3 is 15.2 Å². The predicted molar refractivity (Wildman–Crippen MR) is 93.7 cm³/mol. The summed E-state index contributed by atoms with van der Waals surface area (Å²) in [5.74, 6) is -1.38. The molecule has 0 saturated carbocycles. The van der Waals surface area contributed by atoms with Crippen molar-refractivity contribution in [3.05, 3.63) is 17.2 Å². The van der Waals surface area contributed by atoms with Gasteiger partial charge in [-0.3, -0.25) is 9.13 Å². The van der Waals surface area contributed by atoms with E-state index in [1.54, 1.807) is 6.92 Å². The highest BCUT2D eigenvalue weighted by molar-refractivity contribution is 7.70. The fourth-order valence-corrected chi connectivity index (χ4v) is 5.53. The summed E-state index contributed by atoms with van der Waals surface area (Å²) in [7, 11) is -9.44. The molecule has 0 spiro atoms. The third-order valence-electron chi connectivity index (χ3n) is 4.00. The number of rotatable bonds is 6. The first-order valence-electron chi connectivity index (χ1n) is 7.78. The minimum atomic E-state index is -4.80. The first-order valence-corrected chi connectivity index (χ1v) is 11.7. The molecule has 1 aliphatic rings. The summed E-state index contributed by atoms with van der Waals surface area (Å²) in [6, 6.07) is 0. The Labute approximate surface area is 162 Å². The molecule has 2 aromatic heterocycles. The van der Waals surface area contributed by atoms with Crippen LogP contribution in [0.25, 0.3) is 11.0 Å². The Balaban J connectivity index is 1.78. The Hall–Kier alpha value is -0.980. The fourth-order valence-electron chi connectivity index (χ4n) is 2.75. The van der Waals surface area contributed by atoms with Crippen molar-refractivity contribution in [2.24, 2.45) is 0 Å². The van der Waals surface area contributed by atoms with Crippen molar-refractivity contribution in [3.63, 3.8) is 0 Å². The lowest BCUT2D eigenvalue weighted by Gasteiger charge is -2.18. The number of hydrogen-bond donors (Lipinski definition) is 5. The summed E-state index contributed by atoms with van der Waals surface area (Å²) >= 11 is 5.85. The van der Waals surface area contributed by atoms with Gasteiger partial charge in [-0.2, -0.15) is 10.1 Å². The van der Waals surface area contributed by atoms with Crippen molar-refractivity contribution in [3.8, 4) is 0 Å². The average Bonchev–Trinajstić information content (AvgIpc) is 3.06. The van der Waals surface area contributed by atoms with Gasteiger partial charge in [-0.05, 0) is 18.5 Å². The normalized spacial score (nSPS) is 28.0. The molecule has 3 rings (SSSR count). The molecule has 1 unspecified atom stereocenters. The number of aliphatic hydroxyl groups is 2. The van der Waals surface area contributed by atoms with Crippen LogP contribution < -0.4 is 0 Å². The molecule has 156 valence electrons. The van der Waals surface area contributed by atoms with Gasteiger partial charge < -0.3 is 34.2 Å². The van der Waals surface area contributed by atoms with E-state index in [0.29, 0.717) is 11.1 Å². The molecule has 0 radical (unpaired) electrons. The maximum absolute atomic E-state index is 11.7.